The van der Waals surface area contributed by atoms with E-state index in [0.29, 0.717) is 11.4 Å². The number of ether oxygens (including phenoxy) is 1. The van der Waals surface area contributed by atoms with Gasteiger partial charge in [0.05, 0.1) is 24.5 Å². The van der Waals surface area contributed by atoms with E-state index in [2.05, 4.69) is 15.5 Å². The van der Waals surface area contributed by atoms with Crippen LogP contribution in [0.2, 0.25) is 0 Å². The third-order valence-electron chi connectivity index (χ3n) is 2.83. The van der Waals surface area contributed by atoms with Crippen LogP contribution in [-0.2, 0) is 7.05 Å². The molecule has 0 amide bonds. The van der Waals surface area contributed by atoms with Crippen molar-refractivity contribution >= 4 is 11.4 Å². The Morgan fingerprint density at radius 1 is 1.47 bits per heavy atom. The van der Waals surface area contributed by atoms with E-state index in [9.17, 15) is 4.39 Å². The fraction of sp³-hybridized carbons (Fsp3) is 0.333. The zero-order chi connectivity index (χ0) is 14.0. The third-order valence-corrected chi connectivity index (χ3v) is 2.83. The maximum Gasteiger partial charge on any atom is 0.167 e. The van der Waals surface area contributed by atoms with Crippen molar-refractivity contribution in [3.63, 3.8) is 0 Å². The number of benzene rings is 1. The Hall–Kier alpha value is -2.31. The Morgan fingerprint density at radius 3 is 2.79 bits per heavy atom. The van der Waals surface area contributed by atoms with E-state index in [4.69, 9.17) is 10.5 Å². The van der Waals surface area contributed by atoms with Gasteiger partial charge in [0.15, 0.2) is 17.4 Å². The summed E-state index contributed by atoms with van der Waals surface area (Å²) < 4.78 is 20.2. The molecule has 0 bridgehead atoms. The molecule has 1 aromatic carbocycles. The van der Waals surface area contributed by atoms with Gasteiger partial charge in [-0.1, -0.05) is 0 Å². The van der Waals surface area contributed by atoms with E-state index in [1.54, 1.807) is 10.9 Å². The number of hydrogen-bond donors (Lipinski definition) is 2. The molecule has 3 N–H and O–H groups in total. The van der Waals surface area contributed by atoms with Crippen LogP contribution in [0.3, 0.4) is 0 Å². The minimum atomic E-state index is -0.489. The number of aryl methyl sites for hydroxylation is 1. The molecule has 0 saturated carbocycles. The van der Waals surface area contributed by atoms with Gasteiger partial charge in [0.2, 0.25) is 0 Å². The lowest BCUT2D eigenvalue weighted by molar-refractivity contribution is 0.387. The van der Waals surface area contributed by atoms with Gasteiger partial charge in [-0.25, -0.2) is 4.39 Å². The lowest BCUT2D eigenvalue weighted by atomic mass is 10.2. The van der Waals surface area contributed by atoms with E-state index < -0.39 is 5.82 Å². The van der Waals surface area contributed by atoms with Crippen molar-refractivity contribution in [3.8, 4) is 5.75 Å². The summed E-state index contributed by atoms with van der Waals surface area (Å²) in [7, 11) is 3.26. The minimum Gasteiger partial charge on any atom is -0.494 e. The molecule has 2 aromatic rings. The SMILES string of the molecule is COc1cc(NC(C)c2nncn2C)c(N)cc1F. The number of anilines is 2. The average Bonchev–Trinajstić information content (AvgIpc) is 2.79. The van der Waals surface area contributed by atoms with Gasteiger partial charge in [0.1, 0.15) is 6.33 Å². The molecule has 6 nitrogen and oxygen atoms in total. The van der Waals surface area contributed by atoms with Crippen LogP contribution < -0.4 is 15.8 Å². The Balaban J connectivity index is 2.26. The van der Waals surface area contributed by atoms with Gasteiger partial charge >= 0.3 is 0 Å². The maximum atomic E-state index is 13.4. The van der Waals surface area contributed by atoms with E-state index in [1.807, 2.05) is 14.0 Å². The molecule has 2 rings (SSSR count). The molecule has 0 radical (unpaired) electrons. The van der Waals surface area contributed by atoms with Crippen LogP contribution in [0.5, 0.6) is 5.75 Å². The van der Waals surface area contributed by atoms with E-state index in [-0.39, 0.29) is 11.8 Å². The standard InChI is InChI=1S/C12H16FN5O/c1-7(12-17-15-6-18(12)2)16-10-5-11(19-3)8(13)4-9(10)14/h4-7,16H,14H2,1-3H3. The van der Waals surface area contributed by atoms with Crippen LogP contribution >= 0.6 is 0 Å². The summed E-state index contributed by atoms with van der Waals surface area (Å²) in [5, 5.41) is 11.0. The third kappa shape index (κ3) is 2.59. The monoisotopic (exact) mass is 265 g/mol. The van der Waals surface area contributed by atoms with Gasteiger partial charge in [-0.2, -0.15) is 0 Å². The van der Waals surface area contributed by atoms with Crippen molar-refractivity contribution in [3.05, 3.63) is 30.1 Å². The normalized spacial score (nSPS) is 12.2. The number of hydrogen-bond acceptors (Lipinski definition) is 5. The summed E-state index contributed by atoms with van der Waals surface area (Å²) in [6.45, 7) is 1.92. The highest BCUT2D eigenvalue weighted by molar-refractivity contribution is 5.69. The van der Waals surface area contributed by atoms with Crippen molar-refractivity contribution in [2.24, 2.45) is 7.05 Å². The molecule has 7 heteroatoms. The number of methoxy groups -OCH3 is 1. The predicted molar refractivity (Wildman–Crippen MR) is 70.4 cm³/mol. The topological polar surface area (TPSA) is 78.0 Å². The van der Waals surface area contributed by atoms with Gasteiger partial charge < -0.3 is 20.4 Å². The summed E-state index contributed by atoms with van der Waals surface area (Å²) in [5.41, 5.74) is 6.69. The van der Waals surface area contributed by atoms with Crippen LogP contribution in [0.4, 0.5) is 15.8 Å². The first-order chi connectivity index (χ1) is 9.02. The zero-order valence-corrected chi connectivity index (χ0v) is 11.0. The quantitative estimate of drug-likeness (QED) is 0.823. The Bertz CT molecular complexity index is 583. The minimum absolute atomic E-state index is 0.120. The first kappa shape index (κ1) is 13.1. The largest absolute Gasteiger partial charge is 0.494 e. The van der Waals surface area contributed by atoms with Gasteiger partial charge in [-0.3, -0.25) is 0 Å². The van der Waals surface area contributed by atoms with E-state index >= 15 is 0 Å². The van der Waals surface area contributed by atoms with Gasteiger partial charge in [0, 0.05) is 19.2 Å². The lowest BCUT2D eigenvalue weighted by Crippen LogP contribution is -2.13. The van der Waals surface area contributed by atoms with E-state index in [0.717, 1.165) is 5.82 Å². The summed E-state index contributed by atoms with van der Waals surface area (Å²) in [6, 6.07) is 2.63. The highest BCUT2D eigenvalue weighted by Gasteiger charge is 2.14. The van der Waals surface area contributed by atoms with Crippen molar-refractivity contribution in [1.29, 1.82) is 0 Å². The van der Waals surface area contributed by atoms with Gasteiger partial charge in [-0.15, -0.1) is 10.2 Å². The van der Waals surface area contributed by atoms with Gasteiger partial charge in [0.25, 0.3) is 0 Å². The van der Waals surface area contributed by atoms with Crippen LogP contribution in [-0.4, -0.2) is 21.9 Å². The van der Waals surface area contributed by atoms with Crippen LogP contribution in [0, 0.1) is 5.82 Å². The maximum absolute atomic E-state index is 13.4. The number of nitrogens with zero attached hydrogens (tertiary/aromatic N) is 3. The average molecular weight is 265 g/mol. The number of nitrogens with two attached hydrogens (primary N) is 1. The molecule has 19 heavy (non-hydrogen) atoms. The molecule has 0 aliphatic rings. The smallest absolute Gasteiger partial charge is 0.167 e. The molecule has 1 atom stereocenters. The highest BCUT2D eigenvalue weighted by atomic mass is 19.1. The summed E-state index contributed by atoms with van der Waals surface area (Å²) >= 11 is 0. The van der Waals surface area contributed by atoms with Crippen LogP contribution in [0.15, 0.2) is 18.5 Å². The van der Waals surface area contributed by atoms with Crippen LogP contribution in [0.1, 0.15) is 18.8 Å². The molecule has 102 valence electrons. The first-order valence-corrected chi connectivity index (χ1v) is 5.76. The highest BCUT2D eigenvalue weighted by Crippen LogP contribution is 2.30. The first-order valence-electron chi connectivity index (χ1n) is 5.76. The second kappa shape index (κ2) is 5.13. The molecule has 0 spiro atoms. The number of halogens is 1. The second-order valence-electron chi connectivity index (χ2n) is 4.24. The molecule has 1 unspecified atom stereocenters. The van der Waals surface area contributed by atoms with Crippen molar-refractivity contribution in [1.82, 2.24) is 14.8 Å². The van der Waals surface area contributed by atoms with Crippen molar-refractivity contribution in [2.45, 2.75) is 13.0 Å². The van der Waals surface area contributed by atoms with Gasteiger partial charge in [-0.05, 0) is 6.92 Å². The van der Waals surface area contributed by atoms with E-state index in [1.165, 1.54) is 19.2 Å². The van der Waals surface area contributed by atoms with Crippen molar-refractivity contribution in [2.75, 3.05) is 18.2 Å². The molecule has 0 saturated heterocycles. The Morgan fingerprint density at radius 2 is 2.21 bits per heavy atom. The predicted octanol–water partition coefficient (Wildman–Crippen LogP) is 1.72. The van der Waals surface area contributed by atoms with Crippen molar-refractivity contribution < 1.29 is 9.13 Å². The fourth-order valence-corrected chi connectivity index (χ4v) is 1.83. The molecular weight excluding hydrogens is 249 g/mol. The fourth-order valence-electron chi connectivity index (χ4n) is 1.83. The molecule has 1 heterocycles. The summed E-state index contributed by atoms with van der Waals surface area (Å²) in [5.74, 6) is 0.404. The molecule has 0 fully saturated rings. The molecule has 0 aliphatic carbocycles. The lowest BCUT2D eigenvalue weighted by Gasteiger charge is -2.17. The summed E-state index contributed by atoms with van der Waals surface area (Å²) in [6.07, 6.45) is 1.61. The number of nitrogens with one attached hydrogen (secondary N) is 1. The number of aromatic nitrogens is 3. The molecular formula is C12H16FN5O. The van der Waals surface area contributed by atoms with Crippen LogP contribution in [0.25, 0.3) is 0 Å². The second-order valence-corrected chi connectivity index (χ2v) is 4.24. The Labute approximate surface area is 110 Å². The zero-order valence-electron chi connectivity index (χ0n) is 11.0. The molecule has 1 aromatic heterocycles. The number of nitrogen functional groups attached to an aromatic ring is 1. The summed E-state index contributed by atoms with van der Waals surface area (Å²) in [4.78, 5) is 0. The number of rotatable bonds is 4. The Kier molecular flexibility index (Phi) is 3.55. The molecule has 0 aliphatic heterocycles.